The Morgan fingerprint density at radius 1 is 1.28 bits per heavy atom. The van der Waals surface area contributed by atoms with E-state index < -0.39 is 0 Å². The molecular weight excluding hydrogens is 224 g/mol. The maximum atomic E-state index is 5.77. The number of nitrogen functional groups attached to an aromatic ring is 1. The van der Waals surface area contributed by atoms with Crippen molar-refractivity contribution < 1.29 is 0 Å². The molecule has 0 aliphatic heterocycles. The number of hydrogen-bond donors (Lipinski definition) is 2. The SMILES string of the molecule is CCCN(CC)CCCNc1ccc(C)c(N)n1. The fourth-order valence-electron chi connectivity index (χ4n) is 1.91. The van der Waals surface area contributed by atoms with Crippen LogP contribution >= 0.6 is 0 Å². The van der Waals surface area contributed by atoms with Gasteiger partial charge in [-0.05, 0) is 51.0 Å². The van der Waals surface area contributed by atoms with Crippen LogP contribution in [0.1, 0.15) is 32.3 Å². The van der Waals surface area contributed by atoms with Gasteiger partial charge in [0.2, 0.25) is 0 Å². The van der Waals surface area contributed by atoms with E-state index in [2.05, 4.69) is 29.0 Å². The number of nitrogens with one attached hydrogen (secondary N) is 1. The lowest BCUT2D eigenvalue weighted by Gasteiger charge is -2.19. The second kappa shape index (κ2) is 7.93. The van der Waals surface area contributed by atoms with E-state index in [9.17, 15) is 0 Å². The molecule has 0 aliphatic carbocycles. The minimum Gasteiger partial charge on any atom is -0.383 e. The molecule has 4 heteroatoms. The van der Waals surface area contributed by atoms with Crippen LogP contribution in [0.3, 0.4) is 0 Å². The quantitative estimate of drug-likeness (QED) is 0.696. The van der Waals surface area contributed by atoms with Crippen LogP contribution in [0.4, 0.5) is 11.6 Å². The standard InChI is InChI=1S/C14H26N4/c1-4-10-18(5-2)11-6-9-16-13-8-7-12(3)14(15)17-13/h7-8H,4-6,9-11H2,1-3H3,(H3,15,16,17). The lowest BCUT2D eigenvalue weighted by molar-refractivity contribution is 0.288. The summed E-state index contributed by atoms with van der Waals surface area (Å²) in [5.41, 5.74) is 6.80. The van der Waals surface area contributed by atoms with E-state index in [1.807, 2.05) is 19.1 Å². The van der Waals surface area contributed by atoms with Gasteiger partial charge in [0, 0.05) is 6.54 Å². The highest BCUT2D eigenvalue weighted by Crippen LogP contribution is 2.11. The number of rotatable bonds is 8. The third kappa shape index (κ3) is 4.92. The van der Waals surface area contributed by atoms with Gasteiger partial charge in [-0.3, -0.25) is 0 Å². The summed E-state index contributed by atoms with van der Waals surface area (Å²) in [7, 11) is 0. The molecule has 102 valence electrons. The van der Waals surface area contributed by atoms with E-state index in [0.717, 1.165) is 37.4 Å². The van der Waals surface area contributed by atoms with E-state index in [1.165, 1.54) is 13.0 Å². The summed E-state index contributed by atoms with van der Waals surface area (Å²) in [4.78, 5) is 6.77. The van der Waals surface area contributed by atoms with E-state index >= 15 is 0 Å². The highest BCUT2D eigenvalue weighted by Gasteiger charge is 2.01. The third-order valence-corrected chi connectivity index (χ3v) is 3.08. The number of nitrogens with two attached hydrogens (primary N) is 1. The number of aromatic nitrogens is 1. The minimum atomic E-state index is 0.612. The lowest BCUT2D eigenvalue weighted by Crippen LogP contribution is -2.26. The van der Waals surface area contributed by atoms with Crippen molar-refractivity contribution in [2.45, 2.75) is 33.6 Å². The molecule has 0 atom stereocenters. The largest absolute Gasteiger partial charge is 0.383 e. The lowest BCUT2D eigenvalue weighted by atomic mass is 10.3. The van der Waals surface area contributed by atoms with Crippen LogP contribution in [0.5, 0.6) is 0 Å². The molecule has 1 heterocycles. The van der Waals surface area contributed by atoms with Crippen molar-refractivity contribution in [1.29, 1.82) is 0 Å². The smallest absolute Gasteiger partial charge is 0.128 e. The maximum absolute atomic E-state index is 5.77. The first-order valence-electron chi connectivity index (χ1n) is 6.86. The topological polar surface area (TPSA) is 54.2 Å². The Balaban J connectivity index is 2.26. The molecule has 3 N–H and O–H groups in total. The van der Waals surface area contributed by atoms with Crippen molar-refractivity contribution in [3.63, 3.8) is 0 Å². The molecule has 4 nitrogen and oxygen atoms in total. The molecule has 0 spiro atoms. The van der Waals surface area contributed by atoms with Gasteiger partial charge < -0.3 is 16.0 Å². The molecule has 0 unspecified atom stereocenters. The monoisotopic (exact) mass is 250 g/mol. The Morgan fingerprint density at radius 3 is 2.67 bits per heavy atom. The minimum absolute atomic E-state index is 0.612. The Labute approximate surface area is 111 Å². The summed E-state index contributed by atoms with van der Waals surface area (Å²) in [5, 5.41) is 3.32. The molecule has 0 fully saturated rings. The van der Waals surface area contributed by atoms with Crippen molar-refractivity contribution in [3.05, 3.63) is 17.7 Å². The summed E-state index contributed by atoms with van der Waals surface area (Å²) < 4.78 is 0. The first kappa shape index (κ1) is 14.8. The van der Waals surface area contributed by atoms with E-state index in [0.29, 0.717) is 5.82 Å². The van der Waals surface area contributed by atoms with Crippen LogP contribution < -0.4 is 11.1 Å². The van der Waals surface area contributed by atoms with Crippen LogP contribution in [0.25, 0.3) is 0 Å². The van der Waals surface area contributed by atoms with Gasteiger partial charge in [0.15, 0.2) is 0 Å². The van der Waals surface area contributed by atoms with Gasteiger partial charge >= 0.3 is 0 Å². The summed E-state index contributed by atoms with van der Waals surface area (Å²) >= 11 is 0. The molecule has 1 aromatic rings. The molecular formula is C14H26N4. The first-order chi connectivity index (χ1) is 8.67. The predicted octanol–water partition coefficient (Wildman–Crippen LogP) is 2.51. The Kier molecular flexibility index (Phi) is 6.50. The van der Waals surface area contributed by atoms with Crippen LogP contribution in [0.15, 0.2) is 12.1 Å². The first-order valence-corrected chi connectivity index (χ1v) is 6.86. The van der Waals surface area contributed by atoms with Gasteiger partial charge in [-0.2, -0.15) is 0 Å². The molecule has 0 saturated heterocycles. The van der Waals surface area contributed by atoms with Crippen molar-refractivity contribution in [1.82, 2.24) is 9.88 Å². The van der Waals surface area contributed by atoms with Crippen molar-refractivity contribution in [2.24, 2.45) is 0 Å². The molecule has 0 saturated carbocycles. The maximum Gasteiger partial charge on any atom is 0.128 e. The number of pyridine rings is 1. The zero-order chi connectivity index (χ0) is 13.4. The van der Waals surface area contributed by atoms with Gasteiger partial charge in [0.1, 0.15) is 11.6 Å². The average Bonchev–Trinajstić information content (AvgIpc) is 2.37. The zero-order valence-electron chi connectivity index (χ0n) is 11.9. The molecule has 1 aromatic heterocycles. The molecule has 1 rings (SSSR count). The second-order valence-corrected chi connectivity index (χ2v) is 4.61. The summed E-state index contributed by atoms with van der Waals surface area (Å²) in [6, 6.07) is 3.98. The molecule has 0 amide bonds. The highest BCUT2D eigenvalue weighted by atomic mass is 15.1. The Morgan fingerprint density at radius 2 is 2.06 bits per heavy atom. The highest BCUT2D eigenvalue weighted by molar-refractivity contribution is 5.47. The molecule has 0 aromatic carbocycles. The number of hydrogen-bond acceptors (Lipinski definition) is 4. The zero-order valence-corrected chi connectivity index (χ0v) is 11.9. The van der Waals surface area contributed by atoms with Crippen LogP contribution in [-0.4, -0.2) is 36.1 Å². The van der Waals surface area contributed by atoms with E-state index in [4.69, 9.17) is 5.73 Å². The van der Waals surface area contributed by atoms with Crippen LogP contribution in [-0.2, 0) is 0 Å². The van der Waals surface area contributed by atoms with Gasteiger partial charge in [-0.1, -0.05) is 19.9 Å². The molecule has 0 bridgehead atoms. The number of nitrogens with zero attached hydrogens (tertiary/aromatic N) is 2. The molecule has 18 heavy (non-hydrogen) atoms. The van der Waals surface area contributed by atoms with Gasteiger partial charge in [-0.15, -0.1) is 0 Å². The van der Waals surface area contributed by atoms with Crippen molar-refractivity contribution in [2.75, 3.05) is 37.2 Å². The average molecular weight is 250 g/mol. The predicted molar refractivity (Wildman–Crippen MR) is 78.9 cm³/mol. The summed E-state index contributed by atoms with van der Waals surface area (Å²) in [6.07, 6.45) is 2.35. The van der Waals surface area contributed by atoms with Gasteiger partial charge in [0.05, 0.1) is 0 Å². The fourth-order valence-corrected chi connectivity index (χ4v) is 1.91. The van der Waals surface area contributed by atoms with Gasteiger partial charge in [0.25, 0.3) is 0 Å². The Hall–Kier alpha value is -1.29. The van der Waals surface area contributed by atoms with Crippen molar-refractivity contribution in [3.8, 4) is 0 Å². The van der Waals surface area contributed by atoms with Crippen LogP contribution in [0.2, 0.25) is 0 Å². The number of aryl methyl sites for hydroxylation is 1. The molecule has 0 aliphatic rings. The fraction of sp³-hybridized carbons (Fsp3) is 0.643. The summed E-state index contributed by atoms with van der Waals surface area (Å²) in [6.45, 7) is 10.8. The van der Waals surface area contributed by atoms with E-state index in [-0.39, 0.29) is 0 Å². The summed E-state index contributed by atoms with van der Waals surface area (Å²) in [5.74, 6) is 1.48. The van der Waals surface area contributed by atoms with Crippen molar-refractivity contribution >= 4 is 11.6 Å². The second-order valence-electron chi connectivity index (χ2n) is 4.61. The number of anilines is 2. The van der Waals surface area contributed by atoms with E-state index in [1.54, 1.807) is 0 Å². The van der Waals surface area contributed by atoms with Crippen LogP contribution in [0, 0.1) is 6.92 Å². The van der Waals surface area contributed by atoms with Gasteiger partial charge in [-0.25, -0.2) is 4.98 Å². The normalized spacial score (nSPS) is 10.9. The Bertz CT molecular complexity index is 352. The third-order valence-electron chi connectivity index (χ3n) is 3.08. The molecule has 0 radical (unpaired) electrons.